The Bertz CT molecular complexity index is 427. The van der Waals surface area contributed by atoms with Gasteiger partial charge in [0.2, 0.25) is 0 Å². The van der Waals surface area contributed by atoms with Gasteiger partial charge in [-0.3, -0.25) is 0 Å². The van der Waals surface area contributed by atoms with Gasteiger partial charge in [-0.25, -0.2) is 9.78 Å². The van der Waals surface area contributed by atoms with Crippen molar-refractivity contribution in [1.29, 1.82) is 0 Å². The molecule has 2 rings (SSSR count). The largest absolute Gasteiger partial charge is 0.462 e. The first-order valence-electron chi connectivity index (χ1n) is 5.91. The van der Waals surface area contributed by atoms with Gasteiger partial charge in [-0.05, 0) is 36.8 Å². The minimum Gasteiger partial charge on any atom is -0.462 e. The van der Waals surface area contributed by atoms with E-state index in [9.17, 15) is 4.79 Å². The summed E-state index contributed by atoms with van der Waals surface area (Å²) < 4.78 is 5.22. The number of carbonyl (C=O) groups is 1. The van der Waals surface area contributed by atoms with Crippen LogP contribution in [0, 0.1) is 5.92 Å². The molecule has 92 valence electrons. The molecule has 1 heterocycles. The molecule has 1 saturated carbocycles. The third-order valence-electron chi connectivity index (χ3n) is 2.79. The van der Waals surface area contributed by atoms with Crippen molar-refractivity contribution in [2.24, 2.45) is 5.92 Å². The third kappa shape index (κ3) is 3.43. The van der Waals surface area contributed by atoms with Crippen LogP contribution in [0.3, 0.4) is 0 Å². The molecule has 4 heteroatoms. The van der Waals surface area contributed by atoms with E-state index in [-0.39, 0.29) is 11.9 Å². The quantitative estimate of drug-likeness (QED) is 0.610. The zero-order chi connectivity index (χ0) is 12.4. The summed E-state index contributed by atoms with van der Waals surface area (Å²) in [6.45, 7) is 4.55. The lowest BCUT2D eigenvalue weighted by molar-refractivity contribution is 0.0486. The second kappa shape index (κ2) is 5.05. The van der Waals surface area contributed by atoms with Crippen LogP contribution < -0.4 is 0 Å². The van der Waals surface area contributed by atoms with E-state index in [1.165, 1.54) is 12.8 Å². The summed E-state index contributed by atoms with van der Waals surface area (Å²) in [6.07, 6.45) is 2.34. The highest BCUT2D eigenvalue weighted by Gasteiger charge is 2.23. The molecule has 17 heavy (non-hydrogen) atoms. The van der Waals surface area contributed by atoms with Crippen molar-refractivity contribution in [2.75, 3.05) is 6.61 Å². The van der Waals surface area contributed by atoms with E-state index in [2.05, 4.69) is 4.98 Å². The summed E-state index contributed by atoms with van der Waals surface area (Å²) in [5, 5.41) is 0.342. The number of rotatable bonds is 4. The maximum atomic E-state index is 11.8. The summed E-state index contributed by atoms with van der Waals surface area (Å²) in [5.74, 6) is 0.507. The average Bonchev–Trinajstić information content (AvgIpc) is 3.08. The fourth-order valence-electron chi connectivity index (χ4n) is 1.49. The van der Waals surface area contributed by atoms with E-state index >= 15 is 0 Å². The second-order valence-electron chi connectivity index (χ2n) is 4.80. The Balaban J connectivity index is 2.09. The molecule has 0 spiro atoms. The molecule has 1 aliphatic rings. The number of aromatic nitrogens is 1. The van der Waals surface area contributed by atoms with Crippen molar-refractivity contribution in [1.82, 2.24) is 4.98 Å². The van der Waals surface area contributed by atoms with Crippen LogP contribution in [-0.2, 0) is 4.74 Å². The lowest BCUT2D eigenvalue weighted by atomic mass is 10.1. The van der Waals surface area contributed by atoms with Gasteiger partial charge in [-0.1, -0.05) is 25.4 Å². The number of hydrogen-bond donors (Lipinski definition) is 0. The molecule has 0 N–H and O–H groups in total. The van der Waals surface area contributed by atoms with Crippen LogP contribution in [0.4, 0.5) is 0 Å². The Morgan fingerprint density at radius 1 is 1.53 bits per heavy atom. The van der Waals surface area contributed by atoms with Crippen LogP contribution >= 0.6 is 11.6 Å². The minimum atomic E-state index is -0.303. The van der Waals surface area contributed by atoms with Crippen LogP contribution in [-0.4, -0.2) is 17.6 Å². The smallest absolute Gasteiger partial charge is 0.338 e. The van der Waals surface area contributed by atoms with Crippen molar-refractivity contribution in [2.45, 2.75) is 32.6 Å². The van der Waals surface area contributed by atoms with Crippen LogP contribution in [0.15, 0.2) is 12.1 Å². The normalized spacial score (nSPS) is 15.1. The molecule has 1 aliphatic carbocycles. The summed E-state index contributed by atoms with van der Waals surface area (Å²) in [4.78, 5) is 16.0. The average molecular weight is 254 g/mol. The highest BCUT2D eigenvalue weighted by Crippen LogP contribution is 2.29. The van der Waals surface area contributed by atoms with E-state index in [1.54, 1.807) is 12.1 Å². The Hall–Kier alpha value is -1.09. The van der Waals surface area contributed by atoms with Gasteiger partial charge in [-0.2, -0.15) is 0 Å². The number of carbonyl (C=O) groups excluding carboxylic acids is 1. The predicted octanol–water partition coefficient (Wildman–Crippen LogP) is 3.43. The summed E-state index contributed by atoms with van der Waals surface area (Å²) >= 11 is 5.89. The van der Waals surface area contributed by atoms with Gasteiger partial charge < -0.3 is 4.74 Å². The standard InChI is InChI=1S/C13H16ClNO2/c1-8(2)11-5-10(6-12(14)15-11)13(16)17-7-9-3-4-9/h5-6,8-9H,3-4,7H2,1-2H3. The first-order valence-corrected chi connectivity index (χ1v) is 6.28. The fourth-order valence-corrected chi connectivity index (χ4v) is 1.71. The van der Waals surface area contributed by atoms with Gasteiger partial charge >= 0.3 is 5.97 Å². The van der Waals surface area contributed by atoms with Gasteiger partial charge in [-0.15, -0.1) is 0 Å². The molecule has 0 bridgehead atoms. The first-order chi connectivity index (χ1) is 8.06. The molecular weight excluding hydrogens is 238 g/mol. The molecule has 0 unspecified atom stereocenters. The molecule has 0 aliphatic heterocycles. The highest BCUT2D eigenvalue weighted by molar-refractivity contribution is 6.29. The maximum Gasteiger partial charge on any atom is 0.338 e. The van der Waals surface area contributed by atoms with Crippen molar-refractivity contribution in [3.63, 3.8) is 0 Å². The summed E-state index contributed by atoms with van der Waals surface area (Å²) in [7, 11) is 0. The second-order valence-corrected chi connectivity index (χ2v) is 5.19. The van der Waals surface area contributed by atoms with Crippen LogP contribution in [0.25, 0.3) is 0 Å². The molecule has 3 nitrogen and oxygen atoms in total. The molecular formula is C13H16ClNO2. The number of pyridine rings is 1. The van der Waals surface area contributed by atoms with E-state index in [0.29, 0.717) is 23.2 Å². The summed E-state index contributed by atoms with van der Waals surface area (Å²) in [5.41, 5.74) is 1.31. The Kier molecular flexibility index (Phi) is 3.67. The Labute approximate surface area is 106 Å². The number of ether oxygens (including phenoxy) is 1. The fraction of sp³-hybridized carbons (Fsp3) is 0.538. The lowest BCUT2D eigenvalue weighted by Crippen LogP contribution is -2.09. The molecule has 0 radical (unpaired) electrons. The van der Waals surface area contributed by atoms with Gasteiger partial charge in [0.1, 0.15) is 5.15 Å². The lowest BCUT2D eigenvalue weighted by Gasteiger charge is -2.08. The SMILES string of the molecule is CC(C)c1cc(C(=O)OCC2CC2)cc(Cl)n1. The number of halogens is 1. The van der Waals surface area contributed by atoms with Gasteiger partial charge in [0.25, 0.3) is 0 Å². The maximum absolute atomic E-state index is 11.8. The Morgan fingerprint density at radius 2 is 2.24 bits per heavy atom. The predicted molar refractivity (Wildman–Crippen MR) is 66.3 cm³/mol. The first kappa shape index (κ1) is 12.4. The summed E-state index contributed by atoms with van der Waals surface area (Å²) in [6, 6.07) is 3.31. The van der Waals surface area contributed by atoms with Crippen LogP contribution in [0.1, 0.15) is 48.7 Å². The zero-order valence-corrected chi connectivity index (χ0v) is 10.8. The molecule has 0 saturated heterocycles. The van der Waals surface area contributed by atoms with Crippen LogP contribution in [0.2, 0.25) is 5.15 Å². The van der Waals surface area contributed by atoms with Crippen molar-refractivity contribution in [3.8, 4) is 0 Å². The molecule has 0 atom stereocenters. The molecule has 0 amide bonds. The topological polar surface area (TPSA) is 39.2 Å². The van der Waals surface area contributed by atoms with Crippen LogP contribution in [0.5, 0.6) is 0 Å². The third-order valence-corrected chi connectivity index (χ3v) is 2.98. The van der Waals surface area contributed by atoms with E-state index in [0.717, 1.165) is 5.69 Å². The molecule has 1 aromatic rings. The minimum absolute atomic E-state index is 0.240. The molecule has 1 aromatic heterocycles. The molecule has 1 fully saturated rings. The van der Waals surface area contributed by atoms with Crippen molar-refractivity contribution < 1.29 is 9.53 Å². The number of esters is 1. The molecule has 0 aromatic carbocycles. The van der Waals surface area contributed by atoms with Gasteiger partial charge in [0.15, 0.2) is 0 Å². The Morgan fingerprint density at radius 3 is 2.82 bits per heavy atom. The van der Waals surface area contributed by atoms with Gasteiger partial charge in [0, 0.05) is 5.69 Å². The van der Waals surface area contributed by atoms with E-state index < -0.39 is 0 Å². The van der Waals surface area contributed by atoms with Crippen molar-refractivity contribution in [3.05, 3.63) is 28.5 Å². The zero-order valence-electron chi connectivity index (χ0n) is 10.1. The number of nitrogens with zero attached hydrogens (tertiary/aromatic N) is 1. The van der Waals surface area contributed by atoms with Crippen molar-refractivity contribution >= 4 is 17.6 Å². The van der Waals surface area contributed by atoms with E-state index in [1.807, 2.05) is 13.8 Å². The number of hydrogen-bond acceptors (Lipinski definition) is 3. The highest BCUT2D eigenvalue weighted by atomic mass is 35.5. The van der Waals surface area contributed by atoms with Gasteiger partial charge in [0.05, 0.1) is 12.2 Å². The monoisotopic (exact) mass is 253 g/mol. The van der Waals surface area contributed by atoms with E-state index in [4.69, 9.17) is 16.3 Å².